The van der Waals surface area contributed by atoms with Gasteiger partial charge in [-0.25, -0.2) is 0 Å². The largest absolute Gasteiger partial charge is 0.481 e. The summed E-state index contributed by atoms with van der Waals surface area (Å²) in [6.45, 7) is 2.26. The van der Waals surface area contributed by atoms with Crippen LogP contribution in [0, 0.1) is 0 Å². The second kappa shape index (κ2) is 13.2. The number of hydrogen-bond donors (Lipinski definition) is 1. The highest BCUT2D eigenvalue weighted by atomic mass is 16.4. The summed E-state index contributed by atoms with van der Waals surface area (Å²) < 4.78 is 0. The van der Waals surface area contributed by atoms with Gasteiger partial charge >= 0.3 is 5.97 Å². The van der Waals surface area contributed by atoms with E-state index in [9.17, 15) is 4.79 Å². The molecule has 2 heteroatoms. The maximum Gasteiger partial charge on any atom is 0.303 e. The van der Waals surface area contributed by atoms with E-state index in [1.165, 1.54) is 62.5 Å². The van der Waals surface area contributed by atoms with Crippen LogP contribution in [0.2, 0.25) is 0 Å². The molecule has 0 aromatic heterocycles. The van der Waals surface area contributed by atoms with Gasteiger partial charge in [0.1, 0.15) is 0 Å². The van der Waals surface area contributed by atoms with Gasteiger partial charge in [-0.3, -0.25) is 4.79 Å². The molecule has 0 aliphatic rings. The quantitative estimate of drug-likeness (QED) is 0.417. The first-order chi connectivity index (χ1) is 11.2. The van der Waals surface area contributed by atoms with Crippen LogP contribution in [-0.4, -0.2) is 11.1 Å². The predicted octanol–water partition coefficient (Wildman–Crippen LogP) is 6.17. The first-order valence-corrected chi connectivity index (χ1v) is 9.52. The zero-order chi connectivity index (χ0) is 16.8. The molecule has 0 spiro atoms. The Kier molecular flexibility index (Phi) is 11.3. The summed E-state index contributed by atoms with van der Waals surface area (Å²) in [5, 5.41) is 8.66. The second-order valence-corrected chi connectivity index (χ2v) is 6.59. The number of rotatable bonds is 14. The Hall–Kier alpha value is -1.31. The monoisotopic (exact) mass is 318 g/mol. The maximum atomic E-state index is 10.5. The zero-order valence-corrected chi connectivity index (χ0v) is 14.9. The van der Waals surface area contributed by atoms with Gasteiger partial charge in [0.2, 0.25) is 0 Å². The van der Waals surface area contributed by atoms with Crippen LogP contribution in [0.4, 0.5) is 0 Å². The van der Waals surface area contributed by atoms with Gasteiger partial charge in [0.15, 0.2) is 0 Å². The number of carboxylic acids is 1. The lowest BCUT2D eigenvalue weighted by atomic mass is 9.96. The lowest BCUT2D eigenvalue weighted by Crippen LogP contribution is -1.97. The number of hydrogen-bond acceptors (Lipinski definition) is 1. The van der Waals surface area contributed by atoms with Gasteiger partial charge in [-0.05, 0) is 43.2 Å². The molecule has 1 aromatic rings. The van der Waals surface area contributed by atoms with Gasteiger partial charge in [-0.2, -0.15) is 0 Å². The Morgan fingerprint density at radius 1 is 0.783 bits per heavy atom. The summed E-state index contributed by atoms with van der Waals surface area (Å²) >= 11 is 0. The Labute approximate surface area is 142 Å². The van der Waals surface area contributed by atoms with Crippen LogP contribution in [0.3, 0.4) is 0 Å². The molecular weight excluding hydrogens is 284 g/mol. The summed E-state index contributed by atoms with van der Waals surface area (Å²) in [6, 6.07) is 8.78. The molecule has 0 saturated heterocycles. The standard InChI is InChI=1S/C21H34O2/c1-2-3-4-5-6-7-9-14-19-16-12-13-17-20(19)15-10-8-11-18-21(22)23/h12-13,16-17H,2-11,14-15,18H2,1H3,(H,22,23). The highest BCUT2D eigenvalue weighted by Gasteiger charge is 2.03. The molecule has 1 aromatic carbocycles. The smallest absolute Gasteiger partial charge is 0.303 e. The number of carbonyl (C=O) groups is 1. The number of aliphatic carboxylic acids is 1. The normalized spacial score (nSPS) is 10.8. The van der Waals surface area contributed by atoms with Crippen LogP contribution in [0.15, 0.2) is 24.3 Å². The molecule has 0 bridgehead atoms. The molecule has 1 rings (SSSR count). The molecule has 130 valence electrons. The summed E-state index contributed by atoms with van der Waals surface area (Å²) in [5.41, 5.74) is 2.97. The van der Waals surface area contributed by atoms with Gasteiger partial charge < -0.3 is 5.11 Å². The first-order valence-electron chi connectivity index (χ1n) is 9.52. The van der Waals surface area contributed by atoms with E-state index in [1.54, 1.807) is 0 Å². The second-order valence-electron chi connectivity index (χ2n) is 6.59. The fourth-order valence-corrected chi connectivity index (χ4v) is 3.09. The summed E-state index contributed by atoms with van der Waals surface area (Å²) in [5.74, 6) is -0.677. The minimum absolute atomic E-state index is 0.305. The van der Waals surface area contributed by atoms with Crippen LogP contribution in [0.5, 0.6) is 0 Å². The molecule has 0 unspecified atom stereocenters. The highest BCUT2D eigenvalue weighted by Crippen LogP contribution is 2.17. The molecule has 0 heterocycles. The number of carboxylic acid groups (broad SMARTS) is 1. The third-order valence-electron chi connectivity index (χ3n) is 4.50. The Morgan fingerprint density at radius 3 is 1.78 bits per heavy atom. The molecule has 1 N–H and O–H groups in total. The molecule has 0 aliphatic heterocycles. The zero-order valence-electron chi connectivity index (χ0n) is 14.9. The highest BCUT2D eigenvalue weighted by molar-refractivity contribution is 5.66. The van der Waals surface area contributed by atoms with Crippen LogP contribution in [0.25, 0.3) is 0 Å². The number of benzene rings is 1. The van der Waals surface area contributed by atoms with Crippen molar-refractivity contribution in [1.29, 1.82) is 0 Å². The summed E-state index contributed by atoms with van der Waals surface area (Å²) in [4.78, 5) is 10.5. The fourth-order valence-electron chi connectivity index (χ4n) is 3.09. The molecule has 2 nitrogen and oxygen atoms in total. The van der Waals surface area contributed by atoms with E-state index in [1.807, 2.05) is 0 Å². The van der Waals surface area contributed by atoms with E-state index >= 15 is 0 Å². The molecule has 0 amide bonds. The third kappa shape index (κ3) is 10.1. The van der Waals surface area contributed by atoms with Crippen LogP contribution in [0.1, 0.15) is 88.7 Å². The van der Waals surface area contributed by atoms with Crippen molar-refractivity contribution >= 4 is 5.97 Å². The average molecular weight is 319 g/mol. The van der Waals surface area contributed by atoms with Crippen molar-refractivity contribution in [2.24, 2.45) is 0 Å². The lowest BCUT2D eigenvalue weighted by Gasteiger charge is -2.09. The number of aryl methyl sites for hydroxylation is 2. The first kappa shape index (κ1) is 19.7. The minimum Gasteiger partial charge on any atom is -0.481 e. The maximum absolute atomic E-state index is 10.5. The van der Waals surface area contributed by atoms with Crippen LogP contribution >= 0.6 is 0 Å². The van der Waals surface area contributed by atoms with E-state index < -0.39 is 5.97 Å². The van der Waals surface area contributed by atoms with E-state index in [2.05, 4.69) is 31.2 Å². The predicted molar refractivity (Wildman–Crippen MR) is 97.9 cm³/mol. The Balaban J connectivity index is 2.21. The van der Waals surface area contributed by atoms with Crippen molar-refractivity contribution < 1.29 is 9.90 Å². The average Bonchev–Trinajstić information content (AvgIpc) is 2.54. The van der Waals surface area contributed by atoms with Gasteiger partial charge in [-0.15, -0.1) is 0 Å². The van der Waals surface area contributed by atoms with E-state index in [-0.39, 0.29) is 0 Å². The lowest BCUT2D eigenvalue weighted by molar-refractivity contribution is -0.137. The third-order valence-corrected chi connectivity index (χ3v) is 4.50. The van der Waals surface area contributed by atoms with E-state index in [0.717, 1.165) is 25.7 Å². The Morgan fingerprint density at radius 2 is 1.26 bits per heavy atom. The van der Waals surface area contributed by atoms with Crippen molar-refractivity contribution in [2.45, 2.75) is 90.4 Å². The minimum atomic E-state index is -0.677. The van der Waals surface area contributed by atoms with Crippen LogP contribution < -0.4 is 0 Å². The van der Waals surface area contributed by atoms with Crippen molar-refractivity contribution in [3.05, 3.63) is 35.4 Å². The van der Waals surface area contributed by atoms with Gasteiger partial charge in [0, 0.05) is 6.42 Å². The summed E-state index contributed by atoms with van der Waals surface area (Å²) in [7, 11) is 0. The topological polar surface area (TPSA) is 37.3 Å². The van der Waals surface area contributed by atoms with E-state index in [0.29, 0.717) is 6.42 Å². The fraction of sp³-hybridized carbons (Fsp3) is 0.667. The number of unbranched alkanes of at least 4 members (excludes halogenated alkanes) is 8. The van der Waals surface area contributed by atoms with Gasteiger partial charge in [0.05, 0.1) is 0 Å². The molecular formula is C21H34O2. The van der Waals surface area contributed by atoms with Crippen molar-refractivity contribution in [3.63, 3.8) is 0 Å². The molecule has 0 fully saturated rings. The van der Waals surface area contributed by atoms with Gasteiger partial charge in [-0.1, -0.05) is 76.1 Å². The molecule has 0 aliphatic carbocycles. The molecule has 23 heavy (non-hydrogen) atoms. The van der Waals surface area contributed by atoms with Crippen molar-refractivity contribution in [2.75, 3.05) is 0 Å². The van der Waals surface area contributed by atoms with Gasteiger partial charge in [0.25, 0.3) is 0 Å². The van der Waals surface area contributed by atoms with Crippen LogP contribution in [-0.2, 0) is 17.6 Å². The van der Waals surface area contributed by atoms with Crippen molar-refractivity contribution in [3.8, 4) is 0 Å². The summed E-state index contributed by atoms with van der Waals surface area (Å²) in [6.07, 6.45) is 15.0. The molecule has 0 saturated carbocycles. The van der Waals surface area contributed by atoms with E-state index in [4.69, 9.17) is 5.11 Å². The molecule has 0 atom stereocenters. The Bertz CT molecular complexity index is 426. The molecule has 0 radical (unpaired) electrons. The SMILES string of the molecule is CCCCCCCCCc1ccccc1CCCCCC(=O)O. The van der Waals surface area contributed by atoms with Crippen molar-refractivity contribution in [1.82, 2.24) is 0 Å².